The minimum absolute atomic E-state index is 0.00763. The van der Waals surface area contributed by atoms with E-state index in [1.807, 2.05) is 80.6 Å². The summed E-state index contributed by atoms with van der Waals surface area (Å²) in [5, 5.41) is 16.0. The lowest BCUT2D eigenvalue weighted by molar-refractivity contribution is -0.135. The summed E-state index contributed by atoms with van der Waals surface area (Å²) < 4.78 is 0. The molecule has 0 aliphatic heterocycles. The van der Waals surface area contributed by atoms with Crippen molar-refractivity contribution >= 4 is 57.2 Å². The van der Waals surface area contributed by atoms with Gasteiger partial charge in [0.15, 0.2) is 0 Å². The van der Waals surface area contributed by atoms with Crippen molar-refractivity contribution in [2.75, 3.05) is 13.1 Å². The summed E-state index contributed by atoms with van der Waals surface area (Å²) in [6.07, 6.45) is 5.79. The van der Waals surface area contributed by atoms with Gasteiger partial charge in [-0.2, -0.15) is 0 Å². The van der Waals surface area contributed by atoms with Crippen LogP contribution in [-0.2, 0) is 54.5 Å². The van der Waals surface area contributed by atoms with E-state index in [0.717, 1.165) is 49.9 Å². The topological polar surface area (TPSA) is 327 Å². The first kappa shape index (κ1) is 52.0. The zero-order valence-corrected chi connectivity index (χ0v) is 39.8. The quantitative estimate of drug-likeness (QED) is 0.0332. The van der Waals surface area contributed by atoms with Gasteiger partial charge >= 0.3 is 0 Å². The largest absolute Gasteiger partial charge is 0.368 e. The molecular formula is C51H67N13O6. The van der Waals surface area contributed by atoms with Crippen molar-refractivity contribution in [1.82, 2.24) is 46.5 Å². The van der Waals surface area contributed by atoms with E-state index in [1.165, 1.54) is 6.33 Å². The number of primary amides is 1. The van der Waals surface area contributed by atoms with Gasteiger partial charge in [0.1, 0.15) is 30.2 Å². The van der Waals surface area contributed by atoms with Crippen molar-refractivity contribution in [2.45, 2.75) is 114 Å². The number of fused-ring (bicyclic) bond motifs is 2. The Morgan fingerprint density at radius 2 is 0.986 bits per heavy atom. The number of nitrogens with two attached hydrogens (primary N) is 4. The molecule has 3 aromatic heterocycles. The number of hydrogen-bond acceptors (Lipinski definition) is 10. The summed E-state index contributed by atoms with van der Waals surface area (Å²) in [6.45, 7) is 4.48. The number of aromatic amines is 3. The smallest absolute Gasteiger partial charge is 0.243 e. The second kappa shape index (κ2) is 25.3. The van der Waals surface area contributed by atoms with Gasteiger partial charge in [0.2, 0.25) is 35.4 Å². The predicted molar refractivity (Wildman–Crippen MR) is 269 cm³/mol. The Morgan fingerprint density at radius 1 is 0.543 bits per heavy atom. The lowest BCUT2D eigenvalue weighted by atomic mass is 9.99. The molecule has 0 aliphatic rings. The van der Waals surface area contributed by atoms with Crippen molar-refractivity contribution in [3.63, 3.8) is 0 Å². The first-order valence-corrected chi connectivity index (χ1v) is 23.9. The van der Waals surface area contributed by atoms with Crippen LogP contribution in [0.15, 0.2) is 91.4 Å². The summed E-state index contributed by atoms with van der Waals surface area (Å²) in [7, 11) is 0. The highest BCUT2D eigenvalue weighted by Crippen LogP contribution is 2.25. The van der Waals surface area contributed by atoms with Gasteiger partial charge in [0.05, 0.1) is 12.4 Å². The molecule has 0 unspecified atom stereocenters. The highest BCUT2D eigenvalue weighted by Gasteiger charge is 2.34. The molecule has 6 aromatic rings. The third-order valence-electron chi connectivity index (χ3n) is 12.6. The Bertz CT molecular complexity index is 2700. The van der Waals surface area contributed by atoms with E-state index in [0.29, 0.717) is 44.5 Å². The van der Waals surface area contributed by atoms with Crippen LogP contribution >= 0.6 is 0 Å². The van der Waals surface area contributed by atoms with Crippen LogP contribution in [0.2, 0.25) is 0 Å². The van der Waals surface area contributed by atoms with Crippen LogP contribution in [0.5, 0.6) is 0 Å². The molecule has 0 bridgehead atoms. The number of carbonyl (C=O) groups is 6. The number of amides is 6. The number of benzene rings is 3. The number of H-pyrrole nitrogens is 3. The van der Waals surface area contributed by atoms with Crippen LogP contribution in [0.4, 0.5) is 0 Å². The first-order valence-electron chi connectivity index (χ1n) is 23.9. The zero-order chi connectivity index (χ0) is 50.2. The molecule has 3 heterocycles. The van der Waals surface area contributed by atoms with Gasteiger partial charge in [0.25, 0.3) is 0 Å². The molecule has 0 radical (unpaired) electrons. The van der Waals surface area contributed by atoms with Gasteiger partial charge < -0.3 is 64.5 Å². The van der Waals surface area contributed by atoms with Crippen molar-refractivity contribution in [1.29, 1.82) is 0 Å². The minimum atomic E-state index is -1.29. The summed E-state index contributed by atoms with van der Waals surface area (Å²) in [6, 6.07) is 17.3. The third kappa shape index (κ3) is 14.1. The minimum Gasteiger partial charge on any atom is -0.368 e. The van der Waals surface area contributed by atoms with Gasteiger partial charge in [-0.05, 0) is 94.3 Å². The summed E-state index contributed by atoms with van der Waals surface area (Å²) >= 11 is 0. The fraction of sp³-hybridized carbons (Fsp3) is 0.392. The Morgan fingerprint density at radius 3 is 1.49 bits per heavy atom. The fourth-order valence-electron chi connectivity index (χ4n) is 8.72. The van der Waals surface area contributed by atoms with Crippen LogP contribution in [0.25, 0.3) is 21.8 Å². The van der Waals surface area contributed by atoms with E-state index in [2.05, 4.69) is 46.5 Å². The Kier molecular flexibility index (Phi) is 18.8. The first-order chi connectivity index (χ1) is 33.8. The van der Waals surface area contributed by atoms with Crippen molar-refractivity contribution < 1.29 is 28.8 Å². The molecule has 0 fully saturated rings. The summed E-state index contributed by atoms with van der Waals surface area (Å²) in [5.74, 6) is -3.97. The molecule has 0 saturated carbocycles. The fourth-order valence-corrected chi connectivity index (χ4v) is 8.72. The molecule has 0 spiro atoms. The standard InChI is InChI=1S/C51H67N13O6/c1-30-36(34-16-6-8-18-39(34)58-30)26-44(62-47(66)38(54)25-33-28-56-29-57-33)50(69)61-42(21-11-13-23-53)48(67)64-45(27-37-31(2)59-40-19-9-7-17-35(37)40)51(70)63-43(24-32-14-4-3-5-15-32)49(68)60-41(46(55)65)20-10-12-22-52/h3-9,14-19,28-29,38,41-45,58-59H,10-13,20-27,52-54H2,1-2H3,(H2,55,65)(H,56,57)(H,60,68)(H,61,69)(H,62,66)(H,63,70)(H,64,67)/t38-,41-,42+,43+,44+,45+/m0/s1. The predicted octanol–water partition coefficient (Wildman–Crippen LogP) is 1.75. The molecule has 6 atom stereocenters. The SMILES string of the molecule is Cc1[nH]c2ccccc2c1C[C@@H](NC(=O)[C@@H](N)Cc1cnc[nH]1)C(=O)N[C@H](CCCCN)C(=O)N[C@H](Cc1c(C)[nH]c2ccccc12)C(=O)N[C@H](Cc1ccccc1)C(=O)N[C@@H](CCCCN)C(N)=O. The van der Waals surface area contributed by atoms with E-state index >= 15 is 0 Å². The number of rotatable bonds is 27. The lowest BCUT2D eigenvalue weighted by Crippen LogP contribution is -2.60. The van der Waals surface area contributed by atoms with Crippen LogP contribution in [0.3, 0.4) is 0 Å². The average molecular weight is 958 g/mol. The number of nitrogens with one attached hydrogen (secondary N) is 8. The number of nitrogens with zero attached hydrogens (tertiary/aromatic N) is 1. The molecule has 6 rings (SSSR count). The molecule has 0 aliphatic carbocycles. The summed E-state index contributed by atoms with van der Waals surface area (Å²) in [4.78, 5) is 98.3. The molecule has 19 heteroatoms. The van der Waals surface area contributed by atoms with Gasteiger partial charge in [0, 0.05) is 70.8 Å². The van der Waals surface area contributed by atoms with Crippen LogP contribution in [0.1, 0.15) is 72.3 Å². The van der Waals surface area contributed by atoms with Gasteiger partial charge in [-0.1, -0.05) is 66.7 Å². The Labute approximate surface area is 406 Å². The number of carbonyl (C=O) groups excluding carboxylic acids is 6. The average Bonchev–Trinajstić information content (AvgIpc) is 4.06. The molecule has 6 amide bonds. The molecule has 3 aromatic carbocycles. The van der Waals surface area contributed by atoms with Crippen molar-refractivity contribution in [3.05, 3.63) is 125 Å². The molecule has 70 heavy (non-hydrogen) atoms. The van der Waals surface area contributed by atoms with E-state index in [1.54, 1.807) is 18.3 Å². The number of para-hydroxylation sites is 2. The van der Waals surface area contributed by atoms with Gasteiger partial charge in [-0.3, -0.25) is 28.8 Å². The number of aromatic nitrogens is 4. The maximum Gasteiger partial charge on any atom is 0.243 e. The van der Waals surface area contributed by atoms with Crippen molar-refractivity contribution in [3.8, 4) is 0 Å². The highest BCUT2D eigenvalue weighted by molar-refractivity contribution is 5.98. The van der Waals surface area contributed by atoms with Crippen LogP contribution < -0.4 is 49.5 Å². The zero-order valence-electron chi connectivity index (χ0n) is 39.8. The number of hydrogen-bond donors (Lipinski definition) is 12. The second-order valence-corrected chi connectivity index (χ2v) is 17.8. The van der Waals surface area contributed by atoms with Gasteiger partial charge in [-0.15, -0.1) is 0 Å². The van der Waals surface area contributed by atoms with Crippen molar-refractivity contribution in [2.24, 2.45) is 22.9 Å². The molecular weight excluding hydrogens is 891 g/mol. The van der Waals surface area contributed by atoms with E-state index in [4.69, 9.17) is 22.9 Å². The third-order valence-corrected chi connectivity index (χ3v) is 12.6. The number of unbranched alkanes of at least 4 members (excludes halogenated alkanes) is 2. The molecule has 372 valence electrons. The van der Waals surface area contributed by atoms with E-state index in [9.17, 15) is 28.8 Å². The normalized spacial score (nSPS) is 14.0. The van der Waals surface area contributed by atoms with E-state index in [-0.39, 0.29) is 38.5 Å². The Balaban J connectivity index is 1.31. The number of aryl methyl sites for hydroxylation is 2. The monoisotopic (exact) mass is 958 g/mol. The maximum absolute atomic E-state index is 14.8. The molecule has 19 nitrogen and oxygen atoms in total. The summed E-state index contributed by atoms with van der Waals surface area (Å²) in [5.41, 5.74) is 29.8. The van der Waals surface area contributed by atoms with E-state index < -0.39 is 71.7 Å². The highest BCUT2D eigenvalue weighted by atomic mass is 16.2. The van der Waals surface area contributed by atoms with Gasteiger partial charge in [-0.25, -0.2) is 4.98 Å². The number of imidazole rings is 1. The molecule has 16 N–H and O–H groups in total. The Hall–Kier alpha value is -7.35. The maximum atomic E-state index is 14.8. The lowest BCUT2D eigenvalue weighted by Gasteiger charge is -2.28. The molecule has 0 saturated heterocycles. The van der Waals surface area contributed by atoms with Crippen LogP contribution in [0, 0.1) is 13.8 Å². The second-order valence-electron chi connectivity index (χ2n) is 17.8. The van der Waals surface area contributed by atoms with Crippen LogP contribution in [-0.4, -0.2) is 105 Å².